The van der Waals surface area contributed by atoms with E-state index in [-0.39, 0.29) is 22.5 Å². The van der Waals surface area contributed by atoms with Gasteiger partial charge in [-0.2, -0.15) is 18.3 Å². The maximum atomic E-state index is 12.9. The minimum atomic E-state index is -4.48. The van der Waals surface area contributed by atoms with Crippen LogP contribution < -0.4 is 5.32 Å². The molecule has 0 bridgehead atoms. The number of carbonyl (C=O) groups is 1. The summed E-state index contributed by atoms with van der Waals surface area (Å²) < 4.78 is 44.9. The van der Waals surface area contributed by atoms with E-state index >= 15 is 0 Å². The maximum Gasteiger partial charge on any atom is 0.416 e. The van der Waals surface area contributed by atoms with Crippen molar-refractivity contribution < 1.29 is 22.4 Å². The number of benzene rings is 1. The Morgan fingerprint density at radius 3 is 2.64 bits per heavy atom. The normalized spacial score (nSPS) is 11.6. The third-order valence-electron chi connectivity index (χ3n) is 3.29. The van der Waals surface area contributed by atoms with Gasteiger partial charge in [-0.1, -0.05) is 6.07 Å². The first-order valence-electron chi connectivity index (χ1n) is 7.05. The highest BCUT2D eigenvalue weighted by Crippen LogP contribution is 2.31. The molecule has 0 unspecified atom stereocenters. The number of hydrogen-bond acceptors (Lipinski definition) is 3. The van der Waals surface area contributed by atoms with E-state index in [4.69, 9.17) is 16.0 Å². The smallest absolute Gasteiger partial charge is 0.416 e. The number of amides is 1. The summed E-state index contributed by atoms with van der Waals surface area (Å²) in [5.74, 6) is -0.422. The molecule has 0 aliphatic rings. The molecule has 2 heterocycles. The van der Waals surface area contributed by atoms with Crippen LogP contribution >= 0.6 is 11.6 Å². The predicted molar refractivity (Wildman–Crippen MR) is 85.0 cm³/mol. The molecular weight excluding hydrogens is 359 g/mol. The fraction of sp³-hybridized carbons (Fsp3) is 0.125. The highest BCUT2D eigenvalue weighted by atomic mass is 35.5. The molecule has 3 aromatic rings. The van der Waals surface area contributed by atoms with Gasteiger partial charge in [-0.05, 0) is 48.9 Å². The van der Waals surface area contributed by atoms with Crippen LogP contribution in [-0.2, 0) is 6.18 Å². The maximum absolute atomic E-state index is 12.9. The number of alkyl halides is 3. The van der Waals surface area contributed by atoms with Gasteiger partial charge >= 0.3 is 6.18 Å². The van der Waals surface area contributed by atoms with Crippen molar-refractivity contribution in [1.82, 2.24) is 9.78 Å². The van der Waals surface area contributed by atoms with Crippen LogP contribution in [0.15, 0.2) is 46.9 Å². The van der Waals surface area contributed by atoms with Crippen molar-refractivity contribution in [3.05, 3.63) is 64.7 Å². The molecular formula is C16H11ClF3N3O2. The van der Waals surface area contributed by atoms with E-state index in [0.29, 0.717) is 5.69 Å². The van der Waals surface area contributed by atoms with E-state index in [1.54, 1.807) is 6.92 Å². The second kappa shape index (κ2) is 6.29. The minimum Gasteiger partial charge on any atom is -0.440 e. The van der Waals surface area contributed by atoms with Crippen molar-refractivity contribution in [1.29, 1.82) is 0 Å². The van der Waals surface area contributed by atoms with Crippen LogP contribution in [0.5, 0.6) is 0 Å². The van der Waals surface area contributed by atoms with Gasteiger partial charge < -0.3 is 9.73 Å². The number of nitrogens with one attached hydrogen (secondary N) is 1. The third-order valence-corrected chi connectivity index (χ3v) is 3.49. The highest BCUT2D eigenvalue weighted by molar-refractivity contribution is 6.29. The summed E-state index contributed by atoms with van der Waals surface area (Å²) >= 11 is 5.63. The molecule has 0 saturated carbocycles. The van der Waals surface area contributed by atoms with Crippen molar-refractivity contribution in [2.75, 3.05) is 5.32 Å². The molecule has 3 rings (SSSR count). The predicted octanol–water partition coefficient (Wildman–Crippen LogP) is 4.70. The van der Waals surface area contributed by atoms with Crippen LogP contribution in [-0.4, -0.2) is 15.7 Å². The quantitative estimate of drug-likeness (QED) is 0.728. The summed E-state index contributed by atoms with van der Waals surface area (Å²) in [5, 5.41) is 6.73. The minimum absolute atomic E-state index is 0.0283. The topological polar surface area (TPSA) is 60.1 Å². The number of carbonyl (C=O) groups excluding carboxylic acids is 1. The Morgan fingerprint density at radius 1 is 1.24 bits per heavy atom. The molecule has 0 aliphatic heterocycles. The number of rotatable bonds is 3. The van der Waals surface area contributed by atoms with Gasteiger partial charge in [0.2, 0.25) is 0 Å². The van der Waals surface area contributed by atoms with Gasteiger partial charge in [0.25, 0.3) is 5.91 Å². The molecule has 0 spiro atoms. The van der Waals surface area contributed by atoms with Gasteiger partial charge in [0, 0.05) is 6.07 Å². The monoisotopic (exact) mass is 369 g/mol. The molecule has 2 aromatic heterocycles. The van der Waals surface area contributed by atoms with Crippen molar-refractivity contribution in [3.8, 4) is 5.69 Å². The summed E-state index contributed by atoms with van der Waals surface area (Å²) in [5.41, 5.74) is -0.130. The lowest BCUT2D eigenvalue weighted by molar-refractivity contribution is -0.137. The average Bonchev–Trinajstić information content (AvgIpc) is 3.12. The fourth-order valence-electron chi connectivity index (χ4n) is 2.21. The standard InChI is InChI=1S/C16H11ClF3N3O2/c1-9-7-14(21-15(24)12-5-6-13(17)25-12)23(22-9)11-4-2-3-10(8-11)16(18,19)20/h2-8H,1H3,(H,21,24). The van der Waals surface area contributed by atoms with Crippen LogP contribution in [0.3, 0.4) is 0 Å². The first-order valence-corrected chi connectivity index (χ1v) is 7.43. The molecule has 1 N–H and O–H groups in total. The Kier molecular flexibility index (Phi) is 4.30. The SMILES string of the molecule is Cc1cc(NC(=O)c2ccc(Cl)o2)n(-c2cccc(C(F)(F)F)c2)n1. The lowest BCUT2D eigenvalue weighted by Crippen LogP contribution is -2.15. The zero-order valence-corrected chi connectivity index (χ0v) is 13.5. The number of aryl methyl sites for hydroxylation is 1. The number of halogens is 4. The van der Waals surface area contributed by atoms with E-state index in [0.717, 1.165) is 12.1 Å². The summed E-state index contributed by atoms with van der Waals surface area (Å²) in [4.78, 5) is 12.2. The van der Waals surface area contributed by atoms with Gasteiger partial charge in [-0.25, -0.2) is 4.68 Å². The highest BCUT2D eigenvalue weighted by Gasteiger charge is 2.30. The third kappa shape index (κ3) is 3.69. The van der Waals surface area contributed by atoms with Crippen molar-refractivity contribution in [3.63, 3.8) is 0 Å². The largest absolute Gasteiger partial charge is 0.440 e. The molecule has 0 radical (unpaired) electrons. The Hall–Kier alpha value is -2.74. The fourth-order valence-corrected chi connectivity index (χ4v) is 2.36. The lowest BCUT2D eigenvalue weighted by Gasteiger charge is -2.11. The van der Waals surface area contributed by atoms with Gasteiger partial charge in [0.15, 0.2) is 11.0 Å². The lowest BCUT2D eigenvalue weighted by atomic mass is 10.2. The second-order valence-corrected chi connectivity index (χ2v) is 5.56. The van der Waals surface area contributed by atoms with Gasteiger partial charge in [0.05, 0.1) is 16.9 Å². The van der Waals surface area contributed by atoms with E-state index in [9.17, 15) is 18.0 Å². The number of anilines is 1. The Bertz CT molecular complexity index is 931. The summed E-state index contributed by atoms with van der Waals surface area (Å²) in [7, 11) is 0. The number of aromatic nitrogens is 2. The summed E-state index contributed by atoms with van der Waals surface area (Å²) in [6.07, 6.45) is -4.48. The average molecular weight is 370 g/mol. The summed E-state index contributed by atoms with van der Waals surface area (Å²) in [6.45, 7) is 1.66. The van der Waals surface area contributed by atoms with Gasteiger partial charge in [0.1, 0.15) is 5.82 Å². The van der Waals surface area contributed by atoms with E-state index in [2.05, 4.69) is 10.4 Å². The van der Waals surface area contributed by atoms with Crippen molar-refractivity contribution >= 4 is 23.3 Å². The number of nitrogens with zero attached hydrogens (tertiary/aromatic N) is 2. The van der Waals surface area contributed by atoms with E-state index in [1.165, 1.54) is 35.0 Å². The second-order valence-electron chi connectivity index (χ2n) is 5.19. The van der Waals surface area contributed by atoms with Crippen LogP contribution in [0.4, 0.5) is 19.0 Å². The van der Waals surface area contributed by atoms with Gasteiger partial charge in [-0.15, -0.1) is 0 Å². The molecule has 0 aliphatic carbocycles. The van der Waals surface area contributed by atoms with Crippen LogP contribution in [0.2, 0.25) is 5.22 Å². The molecule has 130 valence electrons. The molecule has 5 nitrogen and oxygen atoms in total. The van der Waals surface area contributed by atoms with Crippen molar-refractivity contribution in [2.24, 2.45) is 0 Å². The summed E-state index contributed by atoms with van der Waals surface area (Å²) in [6, 6.07) is 8.97. The first-order chi connectivity index (χ1) is 11.7. The zero-order valence-electron chi connectivity index (χ0n) is 12.8. The first kappa shape index (κ1) is 17.1. The number of hydrogen-bond donors (Lipinski definition) is 1. The van der Waals surface area contributed by atoms with Gasteiger partial charge in [-0.3, -0.25) is 4.79 Å². The van der Waals surface area contributed by atoms with Crippen molar-refractivity contribution in [2.45, 2.75) is 13.1 Å². The van der Waals surface area contributed by atoms with Crippen LogP contribution in [0.25, 0.3) is 5.69 Å². The molecule has 25 heavy (non-hydrogen) atoms. The molecule has 0 atom stereocenters. The zero-order chi connectivity index (χ0) is 18.2. The number of furan rings is 1. The van der Waals surface area contributed by atoms with Crippen LogP contribution in [0, 0.1) is 6.92 Å². The van der Waals surface area contributed by atoms with E-state index in [1.807, 2.05) is 0 Å². The molecule has 0 saturated heterocycles. The van der Waals surface area contributed by atoms with E-state index < -0.39 is 17.6 Å². The van der Waals surface area contributed by atoms with Crippen LogP contribution in [0.1, 0.15) is 21.8 Å². The Balaban J connectivity index is 1.95. The Morgan fingerprint density at radius 2 is 2.00 bits per heavy atom. The molecule has 1 amide bonds. The molecule has 0 fully saturated rings. The Labute approximate surface area is 145 Å². The molecule has 9 heteroatoms. The molecule has 1 aromatic carbocycles.